The molecule has 2 rings (SSSR count). The summed E-state index contributed by atoms with van der Waals surface area (Å²) in [5, 5.41) is 14.2. The van der Waals surface area contributed by atoms with Crippen molar-refractivity contribution >= 4 is 17.3 Å². The van der Waals surface area contributed by atoms with Crippen molar-refractivity contribution in [2.45, 2.75) is 44.8 Å². The van der Waals surface area contributed by atoms with E-state index in [0.717, 1.165) is 43.1 Å². The molecule has 2 N–H and O–H groups in total. The molecule has 0 aliphatic carbocycles. The van der Waals surface area contributed by atoms with Crippen molar-refractivity contribution in [3.05, 3.63) is 28.8 Å². The molecule has 0 aromatic heterocycles. The third-order valence-corrected chi connectivity index (χ3v) is 4.61. The highest BCUT2D eigenvalue weighted by atomic mass is 35.5. The van der Waals surface area contributed by atoms with Crippen LogP contribution in [-0.2, 0) is 0 Å². The van der Waals surface area contributed by atoms with Crippen LogP contribution in [0.15, 0.2) is 18.2 Å². The monoisotopic (exact) mass is 296 g/mol. The molecule has 20 heavy (non-hydrogen) atoms. The van der Waals surface area contributed by atoms with Crippen molar-refractivity contribution in [2.75, 3.05) is 25.0 Å². The van der Waals surface area contributed by atoms with Crippen LogP contribution < -0.4 is 10.2 Å². The van der Waals surface area contributed by atoms with Crippen LogP contribution in [0.5, 0.6) is 0 Å². The van der Waals surface area contributed by atoms with Crippen LogP contribution >= 0.6 is 11.6 Å². The molecular weight excluding hydrogens is 272 g/mol. The van der Waals surface area contributed by atoms with Crippen molar-refractivity contribution in [3.8, 4) is 0 Å². The first-order chi connectivity index (χ1) is 9.43. The molecule has 0 saturated carbocycles. The van der Waals surface area contributed by atoms with Gasteiger partial charge in [0, 0.05) is 19.1 Å². The van der Waals surface area contributed by atoms with E-state index < -0.39 is 5.60 Å². The van der Waals surface area contributed by atoms with E-state index >= 15 is 0 Å². The Morgan fingerprint density at radius 2 is 2.10 bits per heavy atom. The Balaban J connectivity index is 2.16. The summed E-state index contributed by atoms with van der Waals surface area (Å²) < 4.78 is 0. The molecule has 1 fully saturated rings. The molecule has 4 heteroatoms. The maximum Gasteiger partial charge on any atom is 0.0642 e. The zero-order valence-corrected chi connectivity index (χ0v) is 13.4. The molecule has 0 radical (unpaired) electrons. The van der Waals surface area contributed by atoms with Crippen LogP contribution in [-0.4, -0.2) is 30.8 Å². The molecule has 1 aromatic carbocycles. The largest absolute Gasteiger partial charge is 0.390 e. The third kappa shape index (κ3) is 3.66. The zero-order chi connectivity index (χ0) is 14.8. The van der Waals surface area contributed by atoms with Crippen molar-refractivity contribution in [3.63, 3.8) is 0 Å². The van der Waals surface area contributed by atoms with Gasteiger partial charge in [-0.15, -0.1) is 0 Å². The molecule has 112 valence electrons. The molecule has 0 spiro atoms. The van der Waals surface area contributed by atoms with Crippen LogP contribution in [0.1, 0.15) is 44.7 Å². The number of rotatable bonds is 3. The van der Waals surface area contributed by atoms with E-state index in [1.807, 2.05) is 20.0 Å². The van der Waals surface area contributed by atoms with E-state index in [1.54, 1.807) is 0 Å². The van der Waals surface area contributed by atoms with Gasteiger partial charge >= 0.3 is 0 Å². The minimum Gasteiger partial charge on any atom is -0.390 e. The summed E-state index contributed by atoms with van der Waals surface area (Å²) in [5.74, 6) is 0. The Morgan fingerprint density at radius 1 is 1.35 bits per heavy atom. The standard InChI is InChI=1S/C16H25ClN2O/c1-12(18-3)13-5-6-15(14(17)11-13)19-9-4-7-16(2,20)8-10-19/h5-6,11-12,18,20H,4,7-10H2,1-3H3. The number of halogens is 1. The second kappa shape index (κ2) is 6.33. The highest BCUT2D eigenvalue weighted by Gasteiger charge is 2.25. The van der Waals surface area contributed by atoms with Crippen LogP contribution in [0.4, 0.5) is 5.69 Å². The molecule has 1 heterocycles. The number of nitrogens with zero attached hydrogens (tertiary/aromatic N) is 1. The lowest BCUT2D eigenvalue weighted by atomic mass is 9.98. The van der Waals surface area contributed by atoms with E-state index in [-0.39, 0.29) is 0 Å². The van der Waals surface area contributed by atoms with Gasteiger partial charge in [-0.2, -0.15) is 0 Å². The summed E-state index contributed by atoms with van der Waals surface area (Å²) in [4.78, 5) is 2.29. The van der Waals surface area contributed by atoms with Gasteiger partial charge in [0.25, 0.3) is 0 Å². The molecule has 1 aromatic rings. The molecule has 1 saturated heterocycles. The summed E-state index contributed by atoms with van der Waals surface area (Å²) in [7, 11) is 1.95. The minimum atomic E-state index is -0.540. The van der Waals surface area contributed by atoms with Gasteiger partial charge in [0.1, 0.15) is 0 Å². The van der Waals surface area contributed by atoms with Crippen LogP contribution in [0.25, 0.3) is 0 Å². The van der Waals surface area contributed by atoms with E-state index in [0.29, 0.717) is 6.04 Å². The zero-order valence-electron chi connectivity index (χ0n) is 12.6. The van der Waals surface area contributed by atoms with Gasteiger partial charge in [0.15, 0.2) is 0 Å². The smallest absolute Gasteiger partial charge is 0.0642 e. The third-order valence-electron chi connectivity index (χ3n) is 4.31. The lowest BCUT2D eigenvalue weighted by Crippen LogP contribution is -2.28. The Kier molecular flexibility index (Phi) is 4.95. The van der Waals surface area contributed by atoms with Crippen LogP contribution in [0, 0.1) is 0 Å². The minimum absolute atomic E-state index is 0.298. The number of nitrogens with one attached hydrogen (secondary N) is 1. The predicted molar refractivity (Wildman–Crippen MR) is 85.6 cm³/mol. The van der Waals surface area contributed by atoms with Gasteiger partial charge in [-0.3, -0.25) is 0 Å². The first-order valence-electron chi connectivity index (χ1n) is 7.37. The van der Waals surface area contributed by atoms with Gasteiger partial charge in [-0.25, -0.2) is 0 Å². The van der Waals surface area contributed by atoms with Crippen molar-refractivity contribution in [1.82, 2.24) is 5.32 Å². The highest BCUT2D eigenvalue weighted by molar-refractivity contribution is 6.33. The average Bonchev–Trinajstić information content (AvgIpc) is 2.59. The summed E-state index contributed by atoms with van der Waals surface area (Å²) >= 11 is 6.46. The van der Waals surface area contributed by atoms with Gasteiger partial charge in [-0.05, 0) is 57.9 Å². The Morgan fingerprint density at radius 3 is 2.75 bits per heavy atom. The van der Waals surface area contributed by atoms with E-state index in [2.05, 4.69) is 29.3 Å². The summed E-state index contributed by atoms with van der Waals surface area (Å²) in [5.41, 5.74) is 1.74. The van der Waals surface area contributed by atoms with Crippen molar-refractivity contribution in [2.24, 2.45) is 0 Å². The van der Waals surface area contributed by atoms with Crippen LogP contribution in [0.2, 0.25) is 5.02 Å². The molecule has 1 aliphatic heterocycles. The molecule has 0 bridgehead atoms. The van der Waals surface area contributed by atoms with Crippen LogP contribution in [0.3, 0.4) is 0 Å². The van der Waals surface area contributed by atoms with Gasteiger partial charge in [-0.1, -0.05) is 17.7 Å². The predicted octanol–water partition coefficient (Wildman–Crippen LogP) is 3.36. The van der Waals surface area contributed by atoms with Crippen molar-refractivity contribution in [1.29, 1.82) is 0 Å². The lowest BCUT2D eigenvalue weighted by Gasteiger charge is -2.26. The second-order valence-corrected chi connectivity index (χ2v) is 6.47. The Bertz CT molecular complexity index is 462. The number of hydrogen-bond acceptors (Lipinski definition) is 3. The highest BCUT2D eigenvalue weighted by Crippen LogP contribution is 2.32. The molecule has 1 aliphatic rings. The lowest BCUT2D eigenvalue weighted by molar-refractivity contribution is 0.0481. The molecule has 2 atom stereocenters. The number of benzene rings is 1. The molecular formula is C16H25ClN2O. The van der Waals surface area contributed by atoms with Gasteiger partial charge < -0.3 is 15.3 Å². The quantitative estimate of drug-likeness (QED) is 0.898. The van der Waals surface area contributed by atoms with Gasteiger partial charge in [0.2, 0.25) is 0 Å². The Labute approximate surface area is 126 Å². The maximum absolute atomic E-state index is 10.2. The molecule has 3 nitrogen and oxygen atoms in total. The van der Waals surface area contributed by atoms with E-state index in [9.17, 15) is 5.11 Å². The number of hydrogen-bond donors (Lipinski definition) is 2. The number of aliphatic hydroxyl groups is 1. The maximum atomic E-state index is 10.2. The topological polar surface area (TPSA) is 35.5 Å². The fraction of sp³-hybridized carbons (Fsp3) is 0.625. The fourth-order valence-electron chi connectivity index (χ4n) is 2.72. The van der Waals surface area contributed by atoms with E-state index in [4.69, 9.17) is 11.6 Å². The summed E-state index contributed by atoms with van der Waals surface area (Å²) in [6, 6.07) is 6.57. The molecule has 0 amide bonds. The SMILES string of the molecule is CNC(C)c1ccc(N2CCCC(C)(O)CC2)c(Cl)c1. The summed E-state index contributed by atoms with van der Waals surface area (Å²) in [6.07, 6.45) is 2.64. The van der Waals surface area contributed by atoms with E-state index in [1.165, 1.54) is 5.56 Å². The second-order valence-electron chi connectivity index (χ2n) is 6.06. The molecule has 2 unspecified atom stereocenters. The first kappa shape index (κ1) is 15.6. The normalized spacial score (nSPS) is 25.4. The average molecular weight is 297 g/mol. The first-order valence-corrected chi connectivity index (χ1v) is 7.75. The number of anilines is 1. The summed E-state index contributed by atoms with van der Waals surface area (Å²) in [6.45, 7) is 5.86. The Hall–Kier alpha value is -0.770. The van der Waals surface area contributed by atoms with Gasteiger partial charge in [0.05, 0.1) is 16.3 Å². The fourth-order valence-corrected chi connectivity index (χ4v) is 3.03. The van der Waals surface area contributed by atoms with Crippen molar-refractivity contribution < 1.29 is 5.11 Å².